The number of hydrogen-bond acceptors (Lipinski definition) is 3. The molecule has 3 heterocycles. The normalized spacial score (nSPS) is 24.8. The van der Waals surface area contributed by atoms with Gasteiger partial charge >= 0.3 is 0 Å². The summed E-state index contributed by atoms with van der Waals surface area (Å²) in [7, 11) is 0. The topological polar surface area (TPSA) is 67.2 Å². The zero-order chi connectivity index (χ0) is 22.8. The molecule has 2 aliphatic rings. The van der Waals surface area contributed by atoms with Gasteiger partial charge < -0.3 is 14.8 Å². The molecule has 1 aromatic heterocycles. The van der Waals surface area contributed by atoms with Gasteiger partial charge in [-0.3, -0.25) is 9.59 Å². The predicted molar refractivity (Wildman–Crippen MR) is 127 cm³/mol. The number of amides is 2. The second-order valence-corrected chi connectivity index (χ2v) is 9.57. The molecule has 0 aliphatic carbocycles. The van der Waals surface area contributed by atoms with E-state index in [0.29, 0.717) is 18.5 Å². The SMILES string of the molecule is C[C@]12C[C@@H](Cc3ccccc3)N(C(=O)c3cccc(Cn4ccnc4)c3)[C@H]1CCCC(=O)N2. The van der Waals surface area contributed by atoms with Gasteiger partial charge in [-0.05, 0) is 55.9 Å². The van der Waals surface area contributed by atoms with E-state index >= 15 is 0 Å². The minimum atomic E-state index is -0.406. The first-order chi connectivity index (χ1) is 16.0. The van der Waals surface area contributed by atoms with Crippen molar-refractivity contribution < 1.29 is 9.59 Å². The summed E-state index contributed by atoms with van der Waals surface area (Å²) in [5.74, 6) is 0.142. The van der Waals surface area contributed by atoms with Crippen LogP contribution in [0.3, 0.4) is 0 Å². The summed E-state index contributed by atoms with van der Waals surface area (Å²) in [6.07, 6.45) is 9.17. The van der Waals surface area contributed by atoms with Crippen LogP contribution in [0, 0.1) is 0 Å². The molecule has 0 saturated carbocycles. The summed E-state index contributed by atoms with van der Waals surface area (Å²) in [6.45, 7) is 2.79. The van der Waals surface area contributed by atoms with E-state index in [1.807, 2.05) is 53.2 Å². The fraction of sp³-hybridized carbons (Fsp3) is 0.370. The van der Waals surface area contributed by atoms with Crippen LogP contribution in [0.25, 0.3) is 0 Å². The highest BCUT2D eigenvalue weighted by Crippen LogP contribution is 2.40. The van der Waals surface area contributed by atoms with Crippen LogP contribution in [0.1, 0.15) is 54.1 Å². The number of carbonyl (C=O) groups is 2. The first-order valence-corrected chi connectivity index (χ1v) is 11.7. The van der Waals surface area contributed by atoms with Gasteiger partial charge in [0.2, 0.25) is 5.91 Å². The lowest BCUT2D eigenvalue weighted by Crippen LogP contribution is -2.54. The summed E-state index contributed by atoms with van der Waals surface area (Å²) in [5.41, 5.74) is 2.57. The van der Waals surface area contributed by atoms with Gasteiger partial charge in [0.25, 0.3) is 5.91 Å². The number of benzene rings is 2. The molecule has 6 nitrogen and oxygen atoms in total. The second kappa shape index (κ2) is 8.85. The van der Waals surface area contributed by atoms with E-state index in [2.05, 4.69) is 34.3 Å². The van der Waals surface area contributed by atoms with Gasteiger partial charge in [-0.25, -0.2) is 4.98 Å². The number of fused-ring (bicyclic) bond motifs is 1. The van der Waals surface area contributed by atoms with Gasteiger partial charge in [-0.2, -0.15) is 0 Å². The molecule has 2 saturated heterocycles. The van der Waals surface area contributed by atoms with Gasteiger partial charge in [0, 0.05) is 37.0 Å². The maximum absolute atomic E-state index is 14.0. The second-order valence-electron chi connectivity index (χ2n) is 9.57. The number of carbonyl (C=O) groups excluding carboxylic acids is 2. The standard InChI is InChI=1S/C27H30N4O2/c1-27-17-23(16-20-7-3-2-4-8-20)31(24(27)11-6-12-25(32)29-27)26(33)22-10-5-9-21(15-22)18-30-14-13-28-19-30/h2-5,7-10,13-15,19,23-24H,6,11-12,16-18H2,1H3,(H,29,32)/t23-,24+,27+/m1/s1. The van der Waals surface area contributed by atoms with Crippen molar-refractivity contribution in [2.24, 2.45) is 0 Å². The maximum atomic E-state index is 14.0. The lowest BCUT2D eigenvalue weighted by molar-refractivity contribution is -0.122. The molecule has 33 heavy (non-hydrogen) atoms. The van der Waals surface area contributed by atoms with Crippen LogP contribution in [-0.4, -0.2) is 43.9 Å². The molecule has 5 rings (SSSR count). The molecule has 0 bridgehead atoms. The van der Waals surface area contributed by atoms with E-state index in [9.17, 15) is 9.59 Å². The van der Waals surface area contributed by atoms with Crippen LogP contribution in [0.15, 0.2) is 73.3 Å². The fourth-order valence-corrected chi connectivity index (χ4v) is 5.62. The molecule has 1 N–H and O–H groups in total. The van der Waals surface area contributed by atoms with Crippen LogP contribution in [-0.2, 0) is 17.8 Å². The highest BCUT2D eigenvalue weighted by atomic mass is 16.2. The van der Waals surface area contributed by atoms with Gasteiger partial charge in [-0.15, -0.1) is 0 Å². The number of rotatable bonds is 5. The molecule has 6 heteroatoms. The first-order valence-electron chi connectivity index (χ1n) is 11.7. The van der Waals surface area contributed by atoms with Crippen molar-refractivity contribution in [3.63, 3.8) is 0 Å². The number of aromatic nitrogens is 2. The van der Waals surface area contributed by atoms with Gasteiger partial charge in [-0.1, -0.05) is 42.5 Å². The van der Waals surface area contributed by atoms with E-state index < -0.39 is 5.54 Å². The largest absolute Gasteiger partial charge is 0.349 e. The number of imidazole rings is 1. The highest BCUT2D eigenvalue weighted by Gasteiger charge is 2.52. The average Bonchev–Trinajstić information content (AvgIpc) is 3.36. The smallest absolute Gasteiger partial charge is 0.254 e. The predicted octanol–water partition coefficient (Wildman–Crippen LogP) is 3.82. The Bertz CT molecular complexity index is 1130. The van der Waals surface area contributed by atoms with Crippen LogP contribution in [0.2, 0.25) is 0 Å². The Labute approximate surface area is 194 Å². The van der Waals surface area contributed by atoms with Gasteiger partial charge in [0.1, 0.15) is 0 Å². The molecule has 0 spiro atoms. The molecule has 2 fully saturated rings. The number of likely N-dealkylation sites (tertiary alicyclic amines) is 1. The molecule has 3 aromatic rings. The van der Waals surface area contributed by atoms with E-state index in [1.54, 1.807) is 12.5 Å². The lowest BCUT2D eigenvalue weighted by Gasteiger charge is -2.35. The van der Waals surface area contributed by atoms with E-state index in [4.69, 9.17) is 0 Å². The Morgan fingerprint density at radius 3 is 2.76 bits per heavy atom. The number of nitrogens with zero attached hydrogens (tertiary/aromatic N) is 3. The molecule has 0 unspecified atom stereocenters. The molecular weight excluding hydrogens is 412 g/mol. The monoisotopic (exact) mass is 442 g/mol. The van der Waals surface area contributed by atoms with E-state index in [1.165, 1.54) is 5.56 Å². The Morgan fingerprint density at radius 2 is 1.97 bits per heavy atom. The molecule has 3 atom stereocenters. The minimum Gasteiger partial charge on any atom is -0.349 e. The molecule has 2 aromatic carbocycles. The highest BCUT2D eigenvalue weighted by molar-refractivity contribution is 5.95. The zero-order valence-electron chi connectivity index (χ0n) is 19.0. The van der Waals surface area contributed by atoms with Crippen LogP contribution < -0.4 is 5.32 Å². The Morgan fingerprint density at radius 1 is 1.15 bits per heavy atom. The van der Waals surface area contributed by atoms with Crippen LogP contribution >= 0.6 is 0 Å². The zero-order valence-corrected chi connectivity index (χ0v) is 19.0. The molecule has 0 radical (unpaired) electrons. The molecule has 2 aliphatic heterocycles. The maximum Gasteiger partial charge on any atom is 0.254 e. The van der Waals surface area contributed by atoms with Crippen molar-refractivity contribution in [2.45, 2.75) is 63.2 Å². The van der Waals surface area contributed by atoms with E-state index in [0.717, 1.165) is 31.2 Å². The molecule has 2 amide bonds. The summed E-state index contributed by atoms with van der Waals surface area (Å²) >= 11 is 0. The van der Waals surface area contributed by atoms with Crippen LogP contribution in [0.5, 0.6) is 0 Å². The molecular formula is C27H30N4O2. The van der Waals surface area contributed by atoms with Crippen molar-refractivity contribution in [2.75, 3.05) is 0 Å². The summed E-state index contributed by atoms with van der Waals surface area (Å²) in [6, 6.07) is 18.2. The average molecular weight is 443 g/mol. The van der Waals surface area contributed by atoms with Crippen LogP contribution in [0.4, 0.5) is 0 Å². The van der Waals surface area contributed by atoms with Crippen molar-refractivity contribution >= 4 is 11.8 Å². The third kappa shape index (κ3) is 4.42. The summed E-state index contributed by atoms with van der Waals surface area (Å²) in [4.78, 5) is 32.6. The van der Waals surface area contributed by atoms with Gasteiger partial charge in [0.15, 0.2) is 0 Å². The van der Waals surface area contributed by atoms with Crippen molar-refractivity contribution in [1.82, 2.24) is 19.8 Å². The van der Waals surface area contributed by atoms with Gasteiger partial charge in [0.05, 0.1) is 17.9 Å². The third-order valence-electron chi connectivity index (χ3n) is 7.08. The van der Waals surface area contributed by atoms with Crippen molar-refractivity contribution in [3.05, 3.63) is 90.0 Å². The summed E-state index contributed by atoms with van der Waals surface area (Å²) in [5, 5.41) is 3.27. The Kier molecular flexibility index (Phi) is 5.75. The lowest BCUT2D eigenvalue weighted by atomic mass is 9.88. The van der Waals surface area contributed by atoms with Crippen molar-refractivity contribution in [1.29, 1.82) is 0 Å². The minimum absolute atomic E-state index is 0.0116. The van der Waals surface area contributed by atoms with Crippen molar-refractivity contribution in [3.8, 4) is 0 Å². The Balaban J connectivity index is 1.47. The Hall–Kier alpha value is -3.41. The summed E-state index contributed by atoms with van der Waals surface area (Å²) < 4.78 is 2.00. The number of hydrogen-bond donors (Lipinski definition) is 1. The van der Waals surface area contributed by atoms with E-state index in [-0.39, 0.29) is 23.9 Å². The first kappa shape index (κ1) is 21.4. The quantitative estimate of drug-likeness (QED) is 0.653. The number of nitrogens with one attached hydrogen (secondary N) is 1. The molecule has 170 valence electrons. The fourth-order valence-electron chi connectivity index (χ4n) is 5.62. The third-order valence-corrected chi connectivity index (χ3v) is 7.08.